The molecule has 1 aromatic carbocycles. The lowest BCUT2D eigenvalue weighted by molar-refractivity contribution is 0.148. The van der Waals surface area contributed by atoms with Crippen molar-refractivity contribution in [3.63, 3.8) is 0 Å². The fourth-order valence-electron chi connectivity index (χ4n) is 1.70. The van der Waals surface area contributed by atoms with Crippen LogP contribution in [-0.4, -0.2) is 5.11 Å². The van der Waals surface area contributed by atoms with Gasteiger partial charge in [0, 0.05) is 6.42 Å². The Hall–Kier alpha value is -0.650. The van der Waals surface area contributed by atoms with Crippen molar-refractivity contribution in [2.45, 2.75) is 19.4 Å². The van der Waals surface area contributed by atoms with Crippen LogP contribution in [0.2, 0.25) is 0 Å². The van der Waals surface area contributed by atoms with E-state index in [0.717, 1.165) is 15.6 Å². The standard InChI is InChI=1S/C13H11Br2FO2/c1-7-2-3-9(16)4-8(7)5-11(17)12-6-10(14)13(15)18-12/h2-4,6,11,17H,5H2,1H3. The van der Waals surface area contributed by atoms with E-state index in [0.29, 0.717) is 16.9 Å². The number of hydrogen-bond donors (Lipinski definition) is 1. The zero-order valence-electron chi connectivity index (χ0n) is 9.58. The highest BCUT2D eigenvalue weighted by atomic mass is 79.9. The van der Waals surface area contributed by atoms with Crippen molar-refractivity contribution in [3.8, 4) is 0 Å². The van der Waals surface area contributed by atoms with Gasteiger partial charge in [0.1, 0.15) is 17.7 Å². The van der Waals surface area contributed by atoms with E-state index in [1.54, 1.807) is 12.1 Å². The molecule has 1 heterocycles. The average molecular weight is 378 g/mol. The van der Waals surface area contributed by atoms with Gasteiger partial charge in [-0.05, 0) is 68.1 Å². The maximum absolute atomic E-state index is 13.1. The molecule has 0 fully saturated rings. The monoisotopic (exact) mass is 376 g/mol. The van der Waals surface area contributed by atoms with Crippen LogP contribution in [0.1, 0.15) is 23.0 Å². The Morgan fingerprint density at radius 1 is 1.33 bits per heavy atom. The smallest absolute Gasteiger partial charge is 0.183 e. The Morgan fingerprint density at radius 2 is 2.06 bits per heavy atom. The first-order chi connectivity index (χ1) is 8.47. The number of furan rings is 1. The van der Waals surface area contributed by atoms with E-state index < -0.39 is 6.10 Å². The van der Waals surface area contributed by atoms with Crippen molar-refractivity contribution < 1.29 is 13.9 Å². The second-order valence-electron chi connectivity index (χ2n) is 4.06. The highest BCUT2D eigenvalue weighted by Crippen LogP contribution is 2.31. The topological polar surface area (TPSA) is 33.4 Å². The lowest BCUT2D eigenvalue weighted by Crippen LogP contribution is -2.02. The predicted octanol–water partition coefficient (Wildman–Crippen LogP) is 4.53. The third-order valence-electron chi connectivity index (χ3n) is 2.72. The molecule has 0 aliphatic rings. The van der Waals surface area contributed by atoms with Crippen molar-refractivity contribution in [3.05, 3.63) is 56.1 Å². The molecule has 2 nitrogen and oxygen atoms in total. The molecule has 0 radical (unpaired) electrons. The van der Waals surface area contributed by atoms with Crippen LogP contribution in [0, 0.1) is 12.7 Å². The number of aryl methyl sites for hydroxylation is 1. The van der Waals surface area contributed by atoms with Gasteiger partial charge in [0.2, 0.25) is 0 Å². The normalized spacial score (nSPS) is 12.7. The lowest BCUT2D eigenvalue weighted by atomic mass is 10.0. The van der Waals surface area contributed by atoms with Crippen LogP contribution in [0.3, 0.4) is 0 Å². The first-order valence-corrected chi connectivity index (χ1v) is 6.94. The Kier molecular flexibility index (Phi) is 4.25. The molecule has 96 valence electrons. The van der Waals surface area contributed by atoms with Gasteiger partial charge in [0.05, 0.1) is 4.47 Å². The van der Waals surface area contributed by atoms with E-state index in [9.17, 15) is 9.50 Å². The fourth-order valence-corrected chi connectivity index (χ4v) is 2.30. The summed E-state index contributed by atoms with van der Waals surface area (Å²) >= 11 is 6.50. The van der Waals surface area contributed by atoms with Crippen LogP contribution in [0.15, 0.2) is 37.8 Å². The summed E-state index contributed by atoms with van der Waals surface area (Å²) in [7, 11) is 0. The molecule has 2 rings (SSSR count). The van der Waals surface area contributed by atoms with Crippen molar-refractivity contribution in [1.29, 1.82) is 0 Å². The van der Waals surface area contributed by atoms with E-state index >= 15 is 0 Å². The number of halogens is 3. The minimum Gasteiger partial charge on any atom is -0.450 e. The van der Waals surface area contributed by atoms with Gasteiger partial charge in [0.15, 0.2) is 4.67 Å². The van der Waals surface area contributed by atoms with Crippen molar-refractivity contribution >= 4 is 31.9 Å². The highest BCUT2D eigenvalue weighted by molar-refractivity contribution is 9.13. The molecule has 0 spiro atoms. The Balaban J connectivity index is 2.20. The largest absolute Gasteiger partial charge is 0.450 e. The minimum absolute atomic E-state index is 0.301. The summed E-state index contributed by atoms with van der Waals surface area (Å²) in [6, 6.07) is 6.24. The van der Waals surface area contributed by atoms with Gasteiger partial charge >= 0.3 is 0 Å². The van der Waals surface area contributed by atoms with Gasteiger partial charge in [-0.15, -0.1) is 0 Å². The van der Waals surface area contributed by atoms with Crippen LogP contribution < -0.4 is 0 Å². The first kappa shape index (κ1) is 13.8. The first-order valence-electron chi connectivity index (χ1n) is 5.35. The van der Waals surface area contributed by atoms with E-state index in [2.05, 4.69) is 31.9 Å². The van der Waals surface area contributed by atoms with Crippen molar-refractivity contribution in [1.82, 2.24) is 0 Å². The highest BCUT2D eigenvalue weighted by Gasteiger charge is 2.16. The summed E-state index contributed by atoms with van der Waals surface area (Å²) in [4.78, 5) is 0. The van der Waals surface area contributed by atoms with Gasteiger partial charge in [-0.1, -0.05) is 6.07 Å². The summed E-state index contributed by atoms with van der Waals surface area (Å²) in [6.45, 7) is 1.88. The summed E-state index contributed by atoms with van der Waals surface area (Å²) in [5, 5.41) is 10.1. The number of hydrogen-bond acceptors (Lipinski definition) is 2. The Bertz CT molecular complexity index is 547. The van der Waals surface area contributed by atoms with Crippen LogP contribution in [0.4, 0.5) is 4.39 Å². The van der Waals surface area contributed by atoms with Crippen LogP contribution in [0.5, 0.6) is 0 Å². The summed E-state index contributed by atoms with van der Waals surface area (Å²) in [5.41, 5.74) is 1.71. The molecular formula is C13H11Br2FO2. The quantitative estimate of drug-likeness (QED) is 0.852. The van der Waals surface area contributed by atoms with Gasteiger partial charge in [-0.2, -0.15) is 0 Å². The van der Waals surface area contributed by atoms with Crippen molar-refractivity contribution in [2.24, 2.45) is 0 Å². The summed E-state index contributed by atoms with van der Waals surface area (Å²) in [5.74, 6) is 0.141. The van der Waals surface area contributed by atoms with Gasteiger partial charge < -0.3 is 9.52 Å². The Morgan fingerprint density at radius 3 is 2.67 bits per heavy atom. The molecule has 0 aliphatic carbocycles. The van der Waals surface area contributed by atoms with Crippen LogP contribution in [0.25, 0.3) is 0 Å². The van der Waals surface area contributed by atoms with Crippen molar-refractivity contribution in [2.75, 3.05) is 0 Å². The molecule has 0 bridgehead atoms. The zero-order valence-corrected chi connectivity index (χ0v) is 12.8. The molecule has 0 amide bonds. The number of benzene rings is 1. The third-order valence-corrected chi connectivity index (χ3v) is 4.43. The third kappa shape index (κ3) is 3.02. The van der Waals surface area contributed by atoms with E-state index in [4.69, 9.17) is 4.42 Å². The molecule has 2 aromatic rings. The second-order valence-corrected chi connectivity index (χ2v) is 5.64. The predicted molar refractivity (Wildman–Crippen MR) is 73.9 cm³/mol. The SMILES string of the molecule is Cc1ccc(F)cc1CC(O)c1cc(Br)c(Br)o1. The number of rotatable bonds is 3. The zero-order chi connectivity index (χ0) is 13.3. The van der Waals surface area contributed by atoms with E-state index in [1.165, 1.54) is 12.1 Å². The molecule has 0 aliphatic heterocycles. The molecule has 5 heteroatoms. The number of aliphatic hydroxyl groups is 1. The fraction of sp³-hybridized carbons (Fsp3) is 0.231. The van der Waals surface area contributed by atoms with Gasteiger partial charge in [-0.3, -0.25) is 0 Å². The number of aliphatic hydroxyl groups excluding tert-OH is 1. The second kappa shape index (κ2) is 5.55. The molecule has 0 saturated carbocycles. The molecule has 1 N–H and O–H groups in total. The van der Waals surface area contributed by atoms with E-state index in [-0.39, 0.29) is 5.82 Å². The molecule has 1 aromatic heterocycles. The average Bonchev–Trinajstić information content (AvgIpc) is 2.64. The molecular weight excluding hydrogens is 367 g/mol. The summed E-state index contributed by atoms with van der Waals surface area (Å²) < 4.78 is 19.8. The molecule has 0 saturated heterocycles. The van der Waals surface area contributed by atoms with Gasteiger partial charge in [-0.25, -0.2) is 4.39 Å². The molecule has 18 heavy (non-hydrogen) atoms. The molecule has 1 atom stereocenters. The van der Waals surface area contributed by atoms with Gasteiger partial charge in [0.25, 0.3) is 0 Å². The maximum Gasteiger partial charge on any atom is 0.183 e. The molecule has 1 unspecified atom stereocenters. The minimum atomic E-state index is -0.798. The Labute approximate surface area is 121 Å². The maximum atomic E-state index is 13.1. The lowest BCUT2D eigenvalue weighted by Gasteiger charge is -2.10. The summed E-state index contributed by atoms with van der Waals surface area (Å²) in [6.07, 6.45) is -0.483. The van der Waals surface area contributed by atoms with Crippen LogP contribution in [-0.2, 0) is 6.42 Å². The van der Waals surface area contributed by atoms with Crippen LogP contribution >= 0.6 is 31.9 Å². The van der Waals surface area contributed by atoms with E-state index in [1.807, 2.05) is 6.92 Å².